The van der Waals surface area contributed by atoms with Gasteiger partial charge >= 0.3 is 12.1 Å². The number of aliphatic carboxylic acids is 1. The summed E-state index contributed by atoms with van der Waals surface area (Å²) in [6.07, 6.45) is 3.42. The van der Waals surface area contributed by atoms with E-state index in [1.807, 2.05) is 32.0 Å². The average Bonchev–Trinajstić information content (AvgIpc) is 2.94. The summed E-state index contributed by atoms with van der Waals surface area (Å²) in [6, 6.07) is 9.27. The predicted molar refractivity (Wildman–Crippen MR) is 91.8 cm³/mol. The lowest BCUT2D eigenvalue weighted by Crippen LogP contribution is -2.43. The highest BCUT2D eigenvalue weighted by atomic mass is 16.6. The zero-order chi connectivity index (χ0) is 17.5. The first-order chi connectivity index (χ1) is 11.5. The number of carbonyl (C=O) groups excluding carboxylic acids is 1. The monoisotopic (exact) mass is 333 g/mol. The Bertz CT molecular complexity index is 544. The number of hydrogen-bond acceptors (Lipinski definition) is 3. The molecular formula is C19H27NO4. The molecule has 2 rings (SSSR count). The van der Waals surface area contributed by atoms with Crippen LogP contribution in [-0.2, 0) is 16.0 Å². The van der Waals surface area contributed by atoms with Crippen molar-refractivity contribution in [1.82, 2.24) is 5.32 Å². The normalized spacial score (nSPS) is 21.5. The van der Waals surface area contributed by atoms with Gasteiger partial charge in [-0.05, 0) is 43.6 Å². The van der Waals surface area contributed by atoms with Gasteiger partial charge in [0.05, 0.1) is 0 Å². The molecule has 0 aliphatic heterocycles. The van der Waals surface area contributed by atoms with E-state index in [0.717, 1.165) is 25.7 Å². The number of hydrogen-bond donors (Lipinski definition) is 2. The van der Waals surface area contributed by atoms with E-state index in [2.05, 4.69) is 17.4 Å². The number of alkyl carbamates (subject to hydrolysis) is 1. The average molecular weight is 333 g/mol. The molecule has 24 heavy (non-hydrogen) atoms. The van der Waals surface area contributed by atoms with Gasteiger partial charge in [-0.1, -0.05) is 44.2 Å². The lowest BCUT2D eigenvalue weighted by atomic mass is 9.96. The van der Waals surface area contributed by atoms with E-state index in [4.69, 9.17) is 4.74 Å². The fourth-order valence-electron chi connectivity index (χ4n) is 3.31. The van der Waals surface area contributed by atoms with Crippen molar-refractivity contribution in [2.24, 2.45) is 11.8 Å². The molecule has 0 saturated heterocycles. The van der Waals surface area contributed by atoms with Crippen molar-refractivity contribution in [3.8, 4) is 0 Å². The number of benzene rings is 1. The summed E-state index contributed by atoms with van der Waals surface area (Å²) in [5.41, 5.74) is 1.24. The second-order valence-electron chi connectivity index (χ2n) is 6.99. The van der Waals surface area contributed by atoms with Gasteiger partial charge in [0.1, 0.15) is 12.1 Å². The third-order valence-electron chi connectivity index (χ3n) is 4.49. The van der Waals surface area contributed by atoms with Crippen molar-refractivity contribution < 1.29 is 19.4 Å². The Labute approximate surface area is 143 Å². The molecule has 132 valence electrons. The molecule has 0 heterocycles. The fourth-order valence-corrected chi connectivity index (χ4v) is 3.31. The molecule has 0 bridgehead atoms. The van der Waals surface area contributed by atoms with E-state index in [9.17, 15) is 14.7 Å². The number of amides is 1. The van der Waals surface area contributed by atoms with Gasteiger partial charge in [0, 0.05) is 5.92 Å². The van der Waals surface area contributed by atoms with Crippen LogP contribution in [0.1, 0.15) is 45.1 Å². The summed E-state index contributed by atoms with van der Waals surface area (Å²) in [6.45, 7) is 3.85. The Morgan fingerprint density at radius 3 is 2.58 bits per heavy atom. The number of nitrogens with one attached hydrogen (secondary N) is 1. The first-order valence-corrected chi connectivity index (χ1v) is 8.69. The first-order valence-electron chi connectivity index (χ1n) is 8.69. The largest absolute Gasteiger partial charge is 0.480 e. The van der Waals surface area contributed by atoms with Crippen molar-refractivity contribution in [3.05, 3.63) is 35.9 Å². The molecule has 1 aromatic rings. The molecule has 3 unspecified atom stereocenters. The van der Waals surface area contributed by atoms with Gasteiger partial charge < -0.3 is 15.2 Å². The smallest absolute Gasteiger partial charge is 0.408 e. The molecule has 0 spiro atoms. The summed E-state index contributed by atoms with van der Waals surface area (Å²) in [4.78, 5) is 23.3. The van der Waals surface area contributed by atoms with Crippen LogP contribution >= 0.6 is 0 Å². The molecule has 1 aliphatic carbocycles. The highest BCUT2D eigenvalue weighted by molar-refractivity contribution is 5.79. The van der Waals surface area contributed by atoms with Crippen LogP contribution in [0.4, 0.5) is 4.79 Å². The Balaban J connectivity index is 1.88. The highest BCUT2D eigenvalue weighted by Crippen LogP contribution is 2.31. The SMILES string of the molecule is CC(C)CC(NC(=O)OC1CCCC1Cc1ccccc1)C(=O)O. The molecule has 5 nitrogen and oxygen atoms in total. The van der Waals surface area contributed by atoms with Crippen LogP contribution in [0.25, 0.3) is 0 Å². The molecule has 0 radical (unpaired) electrons. The van der Waals surface area contributed by atoms with Crippen molar-refractivity contribution in [1.29, 1.82) is 0 Å². The van der Waals surface area contributed by atoms with Gasteiger partial charge in [-0.25, -0.2) is 9.59 Å². The molecule has 1 aromatic carbocycles. The lowest BCUT2D eigenvalue weighted by molar-refractivity contribution is -0.139. The minimum atomic E-state index is -1.02. The van der Waals surface area contributed by atoms with Crippen molar-refractivity contribution in [2.75, 3.05) is 0 Å². The summed E-state index contributed by atoms with van der Waals surface area (Å²) in [5.74, 6) is -0.539. The fraction of sp³-hybridized carbons (Fsp3) is 0.579. The zero-order valence-electron chi connectivity index (χ0n) is 14.4. The Hall–Kier alpha value is -2.04. The Morgan fingerprint density at radius 2 is 1.96 bits per heavy atom. The Morgan fingerprint density at radius 1 is 1.25 bits per heavy atom. The van der Waals surface area contributed by atoms with Crippen LogP contribution in [-0.4, -0.2) is 29.3 Å². The molecule has 2 N–H and O–H groups in total. The van der Waals surface area contributed by atoms with E-state index in [0.29, 0.717) is 12.3 Å². The Kier molecular flexibility index (Phi) is 6.64. The maximum atomic E-state index is 12.1. The summed E-state index contributed by atoms with van der Waals surface area (Å²) in [5, 5.41) is 11.7. The number of carboxylic acid groups (broad SMARTS) is 1. The third kappa shape index (κ3) is 5.55. The van der Waals surface area contributed by atoms with Gasteiger partial charge in [0.25, 0.3) is 0 Å². The highest BCUT2D eigenvalue weighted by Gasteiger charge is 2.31. The van der Waals surface area contributed by atoms with E-state index in [1.54, 1.807) is 0 Å². The van der Waals surface area contributed by atoms with Gasteiger partial charge in [0.15, 0.2) is 0 Å². The molecular weight excluding hydrogens is 306 g/mol. The summed E-state index contributed by atoms with van der Waals surface area (Å²) in [7, 11) is 0. The van der Waals surface area contributed by atoms with Crippen LogP contribution in [0.15, 0.2) is 30.3 Å². The van der Waals surface area contributed by atoms with Crippen LogP contribution in [0.2, 0.25) is 0 Å². The first kappa shape index (κ1) is 18.3. The van der Waals surface area contributed by atoms with Gasteiger partial charge in [0.2, 0.25) is 0 Å². The maximum Gasteiger partial charge on any atom is 0.408 e. The summed E-state index contributed by atoms with van der Waals surface area (Å²) >= 11 is 0. The molecule has 1 aliphatic rings. The molecule has 5 heteroatoms. The molecule has 3 atom stereocenters. The number of carboxylic acids is 1. The third-order valence-corrected chi connectivity index (χ3v) is 4.49. The van der Waals surface area contributed by atoms with E-state index < -0.39 is 18.1 Å². The number of carbonyl (C=O) groups is 2. The topological polar surface area (TPSA) is 75.6 Å². The zero-order valence-corrected chi connectivity index (χ0v) is 14.4. The molecule has 1 amide bonds. The van der Waals surface area contributed by atoms with Crippen molar-refractivity contribution in [3.63, 3.8) is 0 Å². The van der Waals surface area contributed by atoms with Crippen LogP contribution in [0.5, 0.6) is 0 Å². The lowest BCUT2D eigenvalue weighted by Gasteiger charge is -2.22. The second kappa shape index (κ2) is 8.71. The van der Waals surface area contributed by atoms with Crippen molar-refractivity contribution in [2.45, 2.75) is 58.1 Å². The van der Waals surface area contributed by atoms with E-state index >= 15 is 0 Å². The van der Waals surface area contributed by atoms with Gasteiger partial charge in [-0.2, -0.15) is 0 Å². The second-order valence-corrected chi connectivity index (χ2v) is 6.99. The maximum absolute atomic E-state index is 12.1. The minimum Gasteiger partial charge on any atom is -0.480 e. The number of ether oxygens (including phenoxy) is 1. The molecule has 1 fully saturated rings. The van der Waals surface area contributed by atoms with Crippen molar-refractivity contribution >= 4 is 12.1 Å². The van der Waals surface area contributed by atoms with E-state index in [-0.39, 0.29) is 12.0 Å². The quantitative estimate of drug-likeness (QED) is 0.799. The standard InChI is InChI=1S/C19H27NO4/c1-13(2)11-16(18(21)22)20-19(23)24-17-10-6-9-15(17)12-14-7-4-3-5-8-14/h3-5,7-8,13,15-17H,6,9-12H2,1-2H3,(H,20,23)(H,21,22). The van der Waals surface area contributed by atoms with Gasteiger partial charge in [-0.15, -0.1) is 0 Å². The van der Waals surface area contributed by atoms with E-state index in [1.165, 1.54) is 5.56 Å². The summed E-state index contributed by atoms with van der Waals surface area (Å²) < 4.78 is 5.55. The van der Waals surface area contributed by atoms with Gasteiger partial charge in [-0.3, -0.25) is 0 Å². The molecule has 0 aromatic heterocycles. The molecule has 1 saturated carbocycles. The van der Waals surface area contributed by atoms with Crippen LogP contribution in [0.3, 0.4) is 0 Å². The predicted octanol–water partition coefficient (Wildman–Crippen LogP) is 3.62. The van der Waals surface area contributed by atoms with Crippen LogP contribution < -0.4 is 5.32 Å². The van der Waals surface area contributed by atoms with Crippen LogP contribution in [0, 0.1) is 11.8 Å². The number of rotatable bonds is 7. The minimum absolute atomic E-state index is 0.140.